The largest absolute Gasteiger partial charge is 0.321 e. The van der Waals surface area contributed by atoms with Gasteiger partial charge in [-0.3, -0.25) is 9.59 Å². The Morgan fingerprint density at radius 1 is 0.708 bits per heavy atom. The van der Waals surface area contributed by atoms with Gasteiger partial charge in [0.05, 0.1) is 5.69 Å². The Kier molecular flexibility index (Phi) is 4.52. The Labute approximate surface area is 141 Å². The zero-order valence-corrected chi connectivity index (χ0v) is 13.3. The van der Waals surface area contributed by atoms with Crippen LogP contribution >= 0.6 is 0 Å². The van der Waals surface area contributed by atoms with E-state index in [4.69, 9.17) is 0 Å². The lowest BCUT2D eigenvalue weighted by Crippen LogP contribution is -2.14. The molecule has 0 aliphatic rings. The molecule has 0 fully saturated rings. The summed E-state index contributed by atoms with van der Waals surface area (Å²) in [6, 6.07) is 24.4. The highest BCUT2D eigenvalue weighted by Crippen LogP contribution is 2.21. The van der Waals surface area contributed by atoms with Crippen molar-refractivity contribution >= 4 is 17.4 Å². The Hall–Kier alpha value is -3.20. The first-order valence-electron chi connectivity index (χ1n) is 7.72. The minimum Gasteiger partial charge on any atom is -0.321 e. The molecule has 0 aromatic heterocycles. The highest BCUT2D eigenvalue weighted by molar-refractivity contribution is 6.09. The van der Waals surface area contributed by atoms with Crippen LogP contribution in [0.3, 0.4) is 0 Å². The SMILES string of the molecule is CC(=O)c1ccccc1NC(=O)c1ccc(-c2ccccc2)cc1. The summed E-state index contributed by atoms with van der Waals surface area (Å²) in [4.78, 5) is 24.0. The highest BCUT2D eigenvalue weighted by Gasteiger charge is 2.11. The number of Topliss-reactive ketones (excluding diaryl/α,β-unsaturated/α-hetero) is 1. The predicted molar refractivity (Wildman–Crippen MR) is 96.3 cm³/mol. The van der Waals surface area contributed by atoms with Crippen molar-refractivity contribution in [3.05, 3.63) is 90.0 Å². The molecule has 0 saturated heterocycles. The van der Waals surface area contributed by atoms with Crippen LogP contribution in [-0.4, -0.2) is 11.7 Å². The number of rotatable bonds is 4. The molecule has 0 aliphatic carbocycles. The van der Waals surface area contributed by atoms with Crippen LogP contribution in [0, 0.1) is 0 Å². The smallest absolute Gasteiger partial charge is 0.255 e. The van der Waals surface area contributed by atoms with Gasteiger partial charge in [-0.25, -0.2) is 0 Å². The summed E-state index contributed by atoms with van der Waals surface area (Å²) in [6.07, 6.45) is 0. The number of carbonyl (C=O) groups is 2. The molecule has 118 valence electrons. The quantitative estimate of drug-likeness (QED) is 0.702. The van der Waals surface area contributed by atoms with Gasteiger partial charge in [-0.05, 0) is 42.3 Å². The Balaban J connectivity index is 1.80. The van der Waals surface area contributed by atoms with Gasteiger partial charge in [-0.2, -0.15) is 0 Å². The average molecular weight is 315 g/mol. The van der Waals surface area contributed by atoms with Crippen molar-refractivity contribution < 1.29 is 9.59 Å². The molecule has 1 N–H and O–H groups in total. The molecule has 0 heterocycles. The van der Waals surface area contributed by atoms with Gasteiger partial charge in [0, 0.05) is 11.1 Å². The van der Waals surface area contributed by atoms with E-state index in [9.17, 15) is 9.59 Å². The van der Waals surface area contributed by atoms with Crippen LogP contribution < -0.4 is 5.32 Å². The first kappa shape index (κ1) is 15.7. The molecule has 1 amide bonds. The zero-order valence-electron chi connectivity index (χ0n) is 13.3. The van der Waals surface area contributed by atoms with Crippen LogP contribution in [0.4, 0.5) is 5.69 Å². The lowest BCUT2D eigenvalue weighted by Gasteiger charge is -2.09. The second-order valence-corrected chi connectivity index (χ2v) is 5.50. The monoisotopic (exact) mass is 315 g/mol. The van der Waals surface area contributed by atoms with Crippen LogP contribution in [0.1, 0.15) is 27.6 Å². The Bertz CT molecular complexity index is 868. The molecule has 3 aromatic rings. The van der Waals surface area contributed by atoms with Crippen molar-refractivity contribution in [1.29, 1.82) is 0 Å². The molecule has 0 radical (unpaired) electrons. The molecule has 24 heavy (non-hydrogen) atoms. The number of para-hydroxylation sites is 1. The molecule has 3 rings (SSSR count). The molecule has 0 saturated carbocycles. The molecule has 0 unspecified atom stereocenters. The molecule has 0 spiro atoms. The standard InChI is InChI=1S/C21H17NO2/c1-15(23)19-9-5-6-10-20(19)22-21(24)18-13-11-17(12-14-18)16-7-3-2-4-8-16/h2-14H,1H3,(H,22,24). The van der Waals surface area contributed by atoms with Crippen molar-refractivity contribution in [1.82, 2.24) is 0 Å². The van der Waals surface area contributed by atoms with Gasteiger partial charge in [0.1, 0.15) is 0 Å². The maximum Gasteiger partial charge on any atom is 0.255 e. The molecule has 3 nitrogen and oxygen atoms in total. The fraction of sp³-hybridized carbons (Fsp3) is 0.0476. The summed E-state index contributed by atoms with van der Waals surface area (Å²) in [6.45, 7) is 1.49. The van der Waals surface area contributed by atoms with E-state index in [0.29, 0.717) is 16.8 Å². The third-order valence-electron chi connectivity index (χ3n) is 3.81. The number of ketones is 1. The molecular weight excluding hydrogens is 298 g/mol. The topological polar surface area (TPSA) is 46.2 Å². The van der Waals surface area contributed by atoms with Crippen molar-refractivity contribution in [3.63, 3.8) is 0 Å². The molecule has 0 atom stereocenters. The summed E-state index contributed by atoms with van der Waals surface area (Å²) in [5.41, 5.74) is 3.74. The number of hydrogen-bond donors (Lipinski definition) is 1. The van der Waals surface area contributed by atoms with E-state index < -0.39 is 0 Å². The average Bonchev–Trinajstić information content (AvgIpc) is 2.63. The maximum absolute atomic E-state index is 12.4. The molecule has 0 bridgehead atoms. The predicted octanol–water partition coefficient (Wildman–Crippen LogP) is 4.81. The van der Waals surface area contributed by atoms with Gasteiger partial charge in [-0.15, -0.1) is 0 Å². The number of carbonyl (C=O) groups excluding carboxylic acids is 2. The van der Waals surface area contributed by atoms with E-state index in [2.05, 4.69) is 5.32 Å². The molecule has 3 heteroatoms. The van der Waals surface area contributed by atoms with Crippen LogP contribution in [0.5, 0.6) is 0 Å². The van der Waals surface area contributed by atoms with E-state index in [1.807, 2.05) is 42.5 Å². The van der Waals surface area contributed by atoms with Crippen molar-refractivity contribution in [2.75, 3.05) is 5.32 Å². The zero-order chi connectivity index (χ0) is 16.9. The summed E-state index contributed by atoms with van der Waals surface area (Å²) < 4.78 is 0. The Morgan fingerprint density at radius 3 is 1.96 bits per heavy atom. The van der Waals surface area contributed by atoms with Gasteiger partial charge in [0.2, 0.25) is 0 Å². The van der Waals surface area contributed by atoms with E-state index in [1.165, 1.54) is 6.92 Å². The van der Waals surface area contributed by atoms with Crippen LogP contribution in [0.15, 0.2) is 78.9 Å². The molecular formula is C21H17NO2. The molecule has 3 aromatic carbocycles. The highest BCUT2D eigenvalue weighted by atomic mass is 16.1. The van der Waals surface area contributed by atoms with E-state index in [1.54, 1.807) is 36.4 Å². The fourth-order valence-electron chi connectivity index (χ4n) is 2.54. The van der Waals surface area contributed by atoms with Crippen LogP contribution in [0.25, 0.3) is 11.1 Å². The third kappa shape index (κ3) is 3.41. The second kappa shape index (κ2) is 6.92. The number of hydrogen-bond acceptors (Lipinski definition) is 2. The van der Waals surface area contributed by atoms with Crippen LogP contribution in [0.2, 0.25) is 0 Å². The summed E-state index contributed by atoms with van der Waals surface area (Å²) in [7, 11) is 0. The maximum atomic E-state index is 12.4. The van der Waals surface area contributed by atoms with Crippen molar-refractivity contribution in [2.24, 2.45) is 0 Å². The van der Waals surface area contributed by atoms with Gasteiger partial charge < -0.3 is 5.32 Å². The minimum absolute atomic E-state index is 0.0784. The van der Waals surface area contributed by atoms with Crippen molar-refractivity contribution in [2.45, 2.75) is 6.92 Å². The van der Waals surface area contributed by atoms with E-state index in [-0.39, 0.29) is 11.7 Å². The van der Waals surface area contributed by atoms with Gasteiger partial charge in [-0.1, -0.05) is 54.6 Å². The normalized spacial score (nSPS) is 10.2. The number of amides is 1. The summed E-state index contributed by atoms with van der Waals surface area (Å²) in [5, 5.41) is 2.81. The Morgan fingerprint density at radius 2 is 1.29 bits per heavy atom. The van der Waals surface area contributed by atoms with E-state index >= 15 is 0 Å². The first-order chi connectivity index (χ1) is 11.6. The third-order valence-corrected chi connectivity index (χ3v) is 3.81. The fourth-order valence-corrected chi connectivity index (χ4v) is 2.54. The summed E-state index contributed by atoms with van der Waals surface area (Å²) >= 11 is 0. The second-order valence-electron chi connectivity index (χ2n) is 5.50. The number of nitrogens with one attached hydrogen (secondary N) is 1. The lowest BCUT2D eigenvalue weighted by atomic mass is 10.0. The van der Waals surface area contributed by atoms with Gasteiger partial charge in [0.25, 0.3) is 5.91 Å². The number of anilines is 1. The first-order valence-corrected chi connectivity index (χ1v) is 7.72. The minimum atomic E-state index is -0.233. The summed E-state index contributed by atoms with van der Waals surface area (Å²) in [5.74, 6) is -0.311. The van der Waals surface area contributed by atoms with Gasteiger partial charge >= 0.3 is 0 Å². The van der Waals surface area contributed by atoms with Gasteiger partial charge in [0.15, 0.2) is 5.78 Å². The van der Waals surface area contributed by atoms with E-state index in [0.717, 1.165) is 11.1 Å². The lowest BCUT2D eigenvalue weighted by molar-refractivity contribution is 0.101. The molecule has 0 aliphatic heterocycles. The van der Waals surface area contributed by atoms with Crippen LogP contribution in [-0.2, 0) is 0 Å². The van der Waals surface area contributed by atoms with Crippen molar-refractivity contribution in [3.8, 4) is 11.1 Å². The number of benzene rings is 3.